The van der Waals surface area contributed by atoms with Gasteiger partial charge in [-0.2, -0.15) is 0 Å². The van der Waals surface area contributed by atoms with Crippen molar-refractivity contribution in [3.8, 4) is 0 Å². The third-order valence-electron chi connectivity index (χ3n) is 4.95. The summed E-state index contributed by atoms with van der Waals surface area (Å²) in [6.07, 6.45) is 2.86. The van der Waals surface area contributed by atoms with E-state index in [0.29, 0.717) is 24.5 Å². The zero-order valence-corrected chi connectivity index (χ0v) is 17.7. The van der Waals surface area contributed by atoms with Crippen molar-refractivity contribution in [2.24, 2.45) is 0 Å². The van der Waals surface area contributed by atoms with Crippen LogP contribution in [0, 0.1) is 0 Å². The van der Waals surface area contributed by atoms with Gasteiger partial charge >= 0.3 is 0 Å². The number of nitrogens with one attached hydrogen (secondary N) is 1. The quantitative estimate of drug-likeness (QED) is 0.436. The monoisotopic (exact) mass is 425 g/mol. The Morgan fingerprint density at radius 3 is 2.76 bits per heavy atom. The number of nitrogens with zero attached hydrogens (tertiary/aromatic N) is 2. The van der Waals surface area contributed by atoms with Crippen LogP contribution < -0.4 is 5.32 Å². The van der Waals surface area contributed by atoms with Crippen molar-refractivity contribution in [2.75, 3.05) is 17.6 Å². The van der Waals surface area contributed by atoms with Gasteiger partial charge in [0.15, 0.2) is 5.13 Å². The molecule has 1 aliphatic heterocycles. The number of benzene rings is 2. The number of para-hydroxylation sites is 1. The molecule has 0 unspecified atom stereocenters. The highest BCUT2D eigenvalue weighted by molar-refractivity contribution is 7.99. The van der Waals surface area contributed by atoms with Gasteiger partial charge in [0.2, 0.25) is 11.8 Å². The lowest BCUT2D eigenvalue weighted by molar-refractivity contribution is -0.136. The third kappa shape index (κ3) is 4.97. The Balaban J connectivity index is 1.29. The van der Waals surface area contributed by atoms with Crippen molar-refractivity contribution < 1.29 is 9.59 Å². The molecule has 1 aliphatic rings. The predicted octanol–water partition coefficient (Wildman–Crippen LogP) is 4.80. The van der Waals surface area contributed by atoms with Crippen LogP contribution in [0.15, 0.2) is 59.5 Å². The molecule has 1 N–H and O–H groups in total. The molecule has 0 aliphatic carbocycles. The lowest BCUT2D eigenvalue weighted by Crippen LogP contribution is -2.43. The van der Waals surface area contributed by atoms with E-state index in [2.05, 4.69) is 22.4 Å². The van der Waals surface area contributed by atoms with E-state index in [9.17, 15) is 9.59 Å². The van der Waals surface area contributed by atoms with E-state index in [1.165, 1.54) is 16.2 Å². The van der Waals surface area contributed by atoms with E-state index in [-0.39, 0.29) is 11.8 Å². The van der Waals surface area contributed by atoms with Crippen molar-refractivity contribution in [1.29, 1.82) is 0 Å². The number of carbonyl (C=O) groups excluding carboxylic acids is 2. The van der Waals surface area contributed by atoms with Gasteiger partial charge < -0.3 is 10.2 Å². The molecule has 0 saturated carbocycles. The van der Waals surface area contributed by atoms with E-state index >= 15 is 0 Å². The molecule has 29 heavy (non-hydrogen) atoms. The topological polar surface area (TPSA) is 62.3 Å². The zero-order valence-electron chi connectivity index (χ0n) is 16.0. The first-order valence-corrected chi connectivity index (χ1v) is 11.6. The van der Waals surface area contributed by atoms with Gasteiger partial charge in [-0.15, -0.1) is 11.8 Å². The van der Waals surface area contributed by atoms with Gasteiger partial charge in [0, 0.05) is 17.9 Å². The van der Waals surface area contributed by atoms with Crippen LogP contribution in [0.1, 0.15) is 25.7 Å². The van der Waals surface area contributed by atoms with Crippen molar-refractivity contribution in [2.45, 2.75) is 36.6 Å². The fourth-order valence-corrected chi connectivity index (χ4v) is 5.27. The highest BCUT2D eigenvalue weighted by atomic mass is 32.2. The highest BCUT2D eigenvalue weighted by Crippen LogP contribution is 2.27. The SMILES string of the molecule is O=C(Nc1nc2ccccc2s1)[C@@H]1CCCN1C(=O)CCCSc1ccccc1. The number of rotatable bonds is 7. The number of fused-ring (bicyclic) bond motifs is 1. The number of thiazole rings is 1. The van der Waals surface area contributed by atoms with Crippen LogP contribution in [-0.2, 0) is 9.59 Å². The van der Waals surface area contributed by atoms with Crippen LogP contribution in [0.25, 0.3) is 10.2 Å². The Morgan fingerprint density at radius 1 is 1.14 bits per heavy atom. The lowest BCUT2D eigenvalue weighted by atomic mass is 10.2. The molecule has 1 saturated heterocycles. The van der Waals surface area contributed by atoms with Gasteiger partial charge in [-0.05, 0) is 49.3 Å². The van der Waals surface area contributed by atoms with Crippen molar-refractivity contribution >= 4 is 50.3 Å². The summed E-state index contributed by atoms with van der Waals surface area (Å²) in [6.45, 7) is 0.655. The second kappa shape index (κ2) is 9.41. The van der Waals surface area contributed by atoms with E-state index < -0.39 is 6.04 Å². The summed E-state index contributed by atoms with van der Waals surface area (Å²) in [5, 5.41) is 3.51. The fraction of sp³-hybridized carbons (Fsp3) is 0.318. The number of thioether (sulfide) groups is 1. The Labute approximate surface area is 178 Å². The second-order valence-electron chi connectivity index (χ2n) is 6.99. The molecule has 0 radical (unpaired) electrons. The van der Waals surface area contributed by atoms with E-state index in [1.54, 1.807) is 16.7 Å². The summed E-state index contributed by atoms with van der Waals surface area (Å²) >= 11 is 3.22. The Kier molecular flexibility index (Phi) is 6.46. The summed E-state index contributed by atoms with van der Waals surface area (Å²) in [4.78, 5) is 32.9. The molecular formula is C22H23N3O2S2. The van der Waals surface area contributed by atoms with Gasteiger partial charge in [0.1, 0.15) is 6.04 Å². The molecule has 3 aromatic rings. The van der Waals surface area contributed by atoms with Gasteiger partial charge in [-0.1, -0.05) is 41.7 Å². The molecule has 2 aromatic carbocycles. The zero-order chi connectivity index (χ0) is 20.1. The second-order valence-corrected chi connectivity index (χ2v) is 9.19. The molecule has 7 heteroatoms. The van der Waals surface area contributed by atoms with Gasteiger partial charge in [0.05, 0.1) is 10.2 Å². The fourth-order valence-electron chi connectivity index (χ4n) is 3.53. The van der Waals surface area contributed by atoms with Crippen LogP contribution in [0.4, 0.5) is 5.13 Å². The van der Waals surface area contributed by atoms with Crippen LogP contribution >= 0.6 is 23.1 Å². The van der Waals surface area contributed by atoms with E-state index in [0.717, 1.165) is 28.8 Å². The maximum atomic E-state index is 12.8. The third-order valence-corrected chi connectivity index (χ3v) is 7.00. The molecule has 1 atom stereocenters. The molecular weight excluding hydrogens is 402 g/mol. The van der Waals surface area contributed by atoms with Crippen molar-refractivity contribution in [3.05, 3.63) is 54.6 Å². The summed E-state index contributed by atoms with van der Waals surface area (Å²) < 4.78 is 1.04. The summed E-state index contributed by atoms with van der Waals surface area (Å²) in [6, 6.07) is 17.6. The number of likely N-dealkylation sites (tertiary alicyclic amines) is 1. The number of anilines is 1. The van der Waals surface area contributed by atoms with Crippen LogP contribution in [0.3, 0.4) is 0 Å². The number of hydrogen-bond donors (Lipinski definition) is 1. The smallest absolute Gasteiger partial charge is 0.248 e. The summed E-state index contributed by atoms with van der Waals surface area (Å²) in [7, 11) is 0. The molecule has 1 aromatic heterocycles. The average Bonchev–Trinajstić information content (AvgIpc) is 3.38. The molecule has 0 bridgehead atoms. The molecule has 4 rings (SSSR count). The van der Waals surface area contributed by atoms with Gasteiger partial charge in [0.25, 0.3) is 0 Å². The first-order chi connectivity index (χ1) is 14.2. The number of amides is 2. The number of aromatic nitrogens is 1. The first kappa shape index (κ1) is 19.9. The normalized spacial score (nSPS) is 16.3. The van der Waals surface area contributed by atoms with E-state index in [4.69, 9.17) is 0 Å². The summed E-state index contributed by atoms with van der Waals surface area (Å²) in [5.74, 6) is 0.834. The van der Waals surface area contributed by atoms with Crippen LogP contribution in [-0.4, -0.2) is 40.0 Å². The average molecular weight is 426 g/mol. The van der Waals surface area contributed by atoms with Crippen molar-refractivity contribution in [3.63, 3.8) is 0 Å². The Morgan fingerprint density at radius 2 is 1.93 bits per heavy atom. The lowest BCUT2D eigenvalue weighted by Gasteiger charge is -2.23. The van der Waals surface area contributed by atoms with Crippen LogP contribution in [0.2, 0.25) is 0 Å². The minimum atomic E-state index is -0.392. The molecule has 150 valence electrons. The Bertz CT molecular complexity index is 957. The number of hydrogen-bond acceptors (Lipinski definition) is 5. The van der Waals surface area contributed by atoms with Gasteiger partial charge in [-0.3, -0.25) is 9.59 Å². The number of carbonyl (C=O) groups is 2. The molecule has 2 heterocycles. The largest absolute Gasteiger partial charge is 0.331 e. The minimum Gasteiger partial charge on any atom is -0.331 e. The van der Waals surface area contributed by atoms with E-state index in [1.807, 2.05) is 42.5 Å². The highest BCUT2D eigenvalue weighted by Gasteiger charge is 2.34. The standard InChI is InChI=1S/C22H23N3O2S2/c26-20(13-7-15-28-16-8-2-1-3-9-16)25-14-6-11-18(25)21(27)24-22-23-17-10-4-5-12-19(17)29-22/h1-5,8-10,12,18H,6-7,11,13-15H2,(H,23,24,27)/t18-/m0/s1. The van der Waals surface area contributed by atoms with Crippen LogP contribution in [0.5, 0.6) is 0 Å². The first-order valence-electron chi connectivity index (χ1n) is 9.84. The maximum Gasteiger partial charge on any atom is 0.248 e. The molecule has 5 nitrogen and oxygen atoms in total. The Hall–Kier alpha value is -2.38. The molecule has 1 fully saturated rings. The molecule has 0 spiro atoms. The van der Waals surface area contributed by atoms with Crippen molar-refractivity contribution in [1.82, 2.24) is 9.88 Å². The predicted molar refractivity (Wildman–Crippen MR) is 119 cm³/mol. The molecule has 2 amide bonds. The maximum absolute atomic E-state index is 12.8. The summed E-state index contributed by atoms with van der Waals surface area (Å²) in [5.41, 5.74) is 0.878. The minimum absolute atomic E-state index is 0.0700. The van der Waals surface area contributed by atoms with Gasteiger partial charge in [-0.25, -0.2) is 4.98 Å².